The minimum absolute atomic E-state index is 0.0736. The third kappa shape index (κ3) is 2.77. The molecule has 0 radical (unpaired) electrons. The largest absolute Gasteiger partial charge is 0.484 e. The summed E-state index contributed by atoms with van der Waals surface area (Å²) >= 11 is 0. The van der Waals surface area contributed by atoms with E-state index in [9.17, 15) is 4.79 Å². The van der Waals surface area contributed by atoms with Gasteiger partial charge in [0.1, 0.15) is 5.75 Å². The summed E-state index contributed by atoms with van der Waals surface area (Å²) in [5, 5.41) is 0. The van der Waals surface area contributed by atoms with Crippen molar-refractivity contribution in [1.82, 2.24) is 4.90 Å². The Bertz CT molecular complexity index is 702. The van der Waals surface area contributed by atoms with E-state index in [1.54, 1.807) is 0 Å². The van der Waals surface area contributed by atoms with E-state index < -0.39 is 0 Å². The Morgan fingerprint density at radius 3 is 2.70 bits per heavy atom. The molecule has 0 aromatic heterocycles. The van der Waals surface area contributed by atoms with Gasteiger partial charge in [0.2, 0.25) is 0 Å². The first-order valence-corrected chi connectivity index (χ1v) is 8.11. The first kappa shape index (κ1) is 14.1. The van der Waals surface area contributed by atoms with Gasteiger partial charge in [0.15, 0.2) is 6.61 Å². The second-order valence-electron chi connectivity index (χ2n) is 6.12. The number of benzene rings is 2. The molecule has 1 unspecified atom stereocenters. The van der Waals surface area contributed by atoms with Gasteiger partial charge in [-0.1, -0.05) is 36.4 Å². The van der Waals surface area contributed by atoms with Crippen LogP contribution in [0.25, 0.3) is 0 Å². The molecule has 0 spiro atoms. The fourth-order valence-electron chi connectivity index (χ4n) is 3.54. The van der Waals surface area contributed by atoms with E-state index in [-0.39, 0.29) is 12.5 Å². The Morgan fingerprint density at radius 1 is 1.04 bits per heavy atom. The number of rotatable bonds is 3. The molecular weight excluding hydrogens is 288 g/mol. The maximum atomic E-state index is 12.4. The van der Waals surface area contributed by atoms with Crippen LogP contribution in [0, 0.1) is 0 Å². The lowest BCUT2D eigenvalue weighted by atomic mass is 10.1. The van der Waals surface area contributed by atoms with Crippen LogP contribution < -0.4 is 9.64 Å². The van der Waals surface area contributed by atoms with Gasteiger partial charge < -0.3 is 14.5 Å². The summed E-state index contributed by atoms with van der Waals surface area (Å²) in [6.07, 6.45) is 1.03. The van der Waals surface area contributed by atoms with E-state index in [0.29, 0.717) is 6.04 Å². The van der Waals surface area contributed by atoms with Crippen molar-refractivity contribution in [2.45, 2.75) is 12.5 Å². The predicted octanol–water partition coefficient (Wildman–Crippen LogP) is 2.34. The summed E-state index contributed by atoms with van der Waals surface area (Å²) in [5.74, 6) is 0.817. The van der Waals surface area contributed by atoms with Gasteiger partial charge in [-0.3, -0.25) is 4.79 Å². The van der Waals surface area contributed by atoms with Gasteiger partial charge in [0.25, 0.3) is 5.91 Å². The molecule has 23 heavy (non-hydrogen) atoms. The number of fused-ring (bicyclic) bond motifs is 3. The minimum Gasteiger partial charge on any atom is -0.484 e. The molecule has 4 nitrogen and oxygen atoms in total. The van der Waals surface area contributed by atoms with Gasteiger partial charge in [0, 0.05) is 25.3 Å². The van der Waals surface area contributed by atoms with Crippen LogP contribution in [-0.4, -0.2) is 43.1 Å². The molecule has 0 N–H and O–H groups in total. The van der Waals surface area contributed by atoms with Crippen LogP contribution in [0.2, 0.25) is 0 Å². The molecule has 2 aliphatic heterocycles. The van der Waals surface area contributed by atoms with Crippen LogP contribution in [0.4, 0.5) is 5.69 Å². The number of carbonyl (C=O) groups is 1. The Morgan fingerprint density at radius 2 is 1.83 bits per heavy atom. The first-order chi connectivity index (χ1) is 11.3. The SMILES string of the molecule is O=C(COc1ccccc1)N1CCN2c3ccccc3CC2C1. The highest BCUT2D eigenvalue weighted by Crippen LogP contribution is 2.33. The van der Waals surface area contributed by atoms with Crippen LogP contribution >= 0.6 is 0 Å². The monoisotopic (exact) mass is 308 g/mol. The van der Waals surface area contributed by atoms with Crippen LogP contribution in [-0.2, 0) is 11.2 Å². The van der Waals surface area contributed by atoms with Gasteiger partial charge >= 0.3 is 0 Å². The summed E-state index contributed by atoms with van der Waals surface area (Å²) in [4.78, 5) is 16.8. The van der Waals surface area contributed by atoms with Crippen LogP contribution in [0.5, 0.6) is 5.75 Å². The van der Waals surface area contributed by atoms with Gasteiger partial charge in [-0.15, -0.1) is 0 Å². The average Bonchev–Trinajstić information content (AvgIpc) is 2.98. The van der Waals surface area contributed by atoms with Crippen molar-refractivity contribution >= 4 is 11.6 Å². The van der Waals surface area contributed by atoms with Crippen molar-refractivity contribution in [3.8, 4) is 5.75 Å². The topological polar surface area (TPSA) is 32.8 Å². The van der Waals surface area contributed by atoms with E-state index in [0.717, 1.165) is 31.8 Å². The number of ether oxygens (including phenoxy) is 1. The fraction of sp³-hybridized carbons (Fsp3) is 0.316. The molecule has 4 heteroatoms. The smallest absolute Gasteiger partial charge is 0.260 e. The number of carbonyl (C=O) groups excluding carboxylic acids is 1. The number of para-hydroxylation sites is 2. The second-order valence-corrected chi connectivity index (χ2v) is 6.12. The molecule has 118 valence electrons. The van der Waals surface area contributed by atoms with Crippen molar-refractivity contribution in [3.05, 3.63) is 60.2 Å². The highest BCUT2D eigenvalue weighted by Gasteiger charge is 2.35. The number of nitrogens with zero attached hydrogens (tertiary/aromatic N) is 2. The number of amides is 1. The van der Waals surface area contributed by atoms with Gasteiger partial charge in [-0.2, -0.15) is 0 Å². The molecule has 0 bridgehead atoms. The van der Waals surface area contributed by atoms with Crippen LogP contribution in [0.1, 0.15) is 5.56 Å². The van der Waals surface area contributed by atoms with E-state index in [2.05, 4.69) is 29.2 Å². The highest BCUT2D eigenvalue weighted by atomic mass is 16.5. The molecule has 2 heterocycles. The van der Waals surface area contributed by atoms with Crippen LogP contribution in [0.3, 0.4) is 0 Å². The quantitative estimate of drug-likeness (QED) is 0.872. The Hall–Kier alpha value is -2.49. The van der Waals surface area contributed by atoms with Crippen molar-refractivity contribution in [3.63, 3.8) is 0 Å². The molecule has 4 rings (SSSR count). The zero-order valence-corrected chi connectivity index (χ0v) is 13.0. The standard InChI is InChI=1S/C19H20N2O2/c22-19(14-23-17-7-2-1-3-8-17)20-10-11-21-16(13-20)12-15-6-4-5-9-18(15)21/h1-9,16H,10-14H2. The van der Waals surface area contributed by atoms with Crippen molar-refractivity contribution < 1.29 is 9.53 Å². The zero-order valence-electron chi connectivity index (χ0n) is 13.0. The summed E-state index contributed by atoms with van der Waals surface area (Å²) < 4.78 is 5.59. The highest BCUT2D eigenvalue weighted by molar-refractivity contribution is 5.78. The van der Waals surface area contributed by atoms with Crippen molar-refractivity contribution in [2.24, 2.45) is 0 Å². The fourth-order valence-corrected chi connectivity index (χ4v) is 3.54. The summed E-state index contributed by atoms with van der Waals surface area (Å²) in [6.45, 7) is 2.57. The molecule has 0 saturated carbocycles. The Kier molecular flexibility index (Phi) is 3.66. The molecule has 1 amide bonds. The van der Waals surface area contributed by atoms with Crippen LogP contribution in [0.15, 0.2) is 54.6 Å². The molecule has 1 fully saturated rings. The van der Waals surface area contributed by atoms with E-state index in [1.807, 2.05) is 35.2 Å². The number of hydrogen-bond donors (Lipinski definition) is 0. The molecule has 2 aliphatic rings. The minimum atomic E-state index is 0.0736. The number of hydrogen-bond acceptors (Lipinski definition) is 3. The number of piperazine rings is 1. The lowest BCUT2D eigenvalue weighted by Gasteiger charge is -2.39. The van der Waals surface area contributed by atoms with Gasteiger partial charge in [0.05, 0.1) is 6.04 Å². The maximum absolute atomic E-state index is 12.4. The van der Waals surface area contributed by atoms with Gasteiger partial charge in [-0.25, -0.2) is 0 Å². The lowest BCUT2D eigenvalue weighted by Crippen LogP contribution is -2.54. The number of anilines is 1. The Balaban J connectivity index is 1.37. The third-order valence-corrected chi connectivity index (χ3v) is 4.70. The third-order valence-electron chi connectivity index (χ3n) is 4.70. The maximum Gasteiger partial charge on any atom is 0.260 e. The van der Waals surface area contributed by atoms with Crippen molar-refractivity contribution in [1.29, 1.82) is 0 Å². The first-order valence-electron chi connectivity index (χ1n) is 8.11. The Labute approximate surface area is 136 Å². The molecule has 0 aliphatic carbocycles. The molecule has 2 aromatic carbocycles. The summed E-state index contributed by atoms with van der Waals surface area (Å²) in [5.41, 5.74) is 2.73. The van der Waals surface area contributed by atoms with E-state index >= 15 is 0 Å². The lowest BCUT2D eigenvalue weighted by molar-refractivity contribution is -0.134. The van der Waals surface area contributed by atoms with E-state index in [4.69, 9.17) is 4.74 Å². The average molecular weight is 308 g/mol. The molecular formula is C19H20N2O2. The second kappa shape index (κ2) is 5.95. The van der Waals surface area contributed by atoms with Crippen molar-refractivity contribution in [2.75, 3.05) is 31.1 Å². The molecule has 1 saturated heterocycles. The molecule has 2 aromatic rings. The molecule has 1 atom stereocenters. The predicted molar refractivity (Wildman–Crippen MR) is 89.8 cm³/mol. The summed E-state index contributed by atoms with van der Waals surface area (Å²) in [6, 6.07) is 18.5. The normalized spacial score (nSPS) is 19.2. The van der Waals surface area contributed by atoms with E-state index in [1.165, 1.54) is 11.3 Å². The zero-order chi connectivity index (χ0) is 15.6. The summed E-state index contributed by atoms with van der Waals surface area (Å²) in [7, 11) is 0. The van der Waals surface area contributed by atoms with Gasteiger partial charge in [-0.05, 0) is 30.2 Å².